The minimum atomic E-state index is 0.633. The Morgan fingerprint density at radius 2 is 2.55 bits per heavy atom. The van der Waals surface area contributed by atoms with Gasteiger partial charge in [-0.3, -0.25) is 5.10 Å². The van der Waals surface area contributed by atoms with E-state index in [4.69, 9.17) is 4.74 Å². The van der Waals surface area contributed by atoms with Gasteiger partial charge in [0.25, 0.3) is 0 Å². The molecule has 3 nitrogen and oxygen atoms in total. The summed E-state index contributed by atoms with van der Waals surface area (Å²) in [5.41, 5.74) is 0.948. The Morgan fingerprint density at radius 3 is 3.36 bits per heavy atom. The molecule has 1 N–H and O–H groups in total. The van der Waals surface area contributed by atoms with Crippen molar-refractivity contribution < 1.29 is 4.74 Å². The van der Waals surface area contributed by atoms with Gasteiger partial charge in [-0.1, -0.05) is 6.07 Å². The highest BCUT2D eigenvalue weighted by atomic mass is 16.5. The monoisotopic (exact) mass is 147 g/mol. The van der Waals surface area contributed by atoms with Gasteiger partial charge in [-0.2, -0.15) is 0 Å². The average Bonchev–Trinajstić information content (AvgIpc) is 2.47. The molecule has 1 aromatic carbocycles. The van der Waals surface area contributed by atoms with Crippen LogP contribution in [0.5, 0.6) is 5.88 Å². The predicted molar refractivity (Wildman–Crippen MR) is 41.5 cm³/mol. The van der Waals surface area contributed by atoms with Crippen molar-refractivity contribution in [2.45, 2.75) is 0 Å². The van der Waals surface area contributed by atoms with Gasteiger partial charge in [-0.15, -0.1) is 5.10 Å². The van der Waals surface area contributed by atoms with Gasteiger partial charge in [0.15, 0.2) is 0 Å². The van der Waals surface area contributed by atoms with Crippen molar-refractivity contribution in [2.75, 3.05) is 7.11 Å². The molecule has 0 spiro atoms. The topological polar surface area (TPSA) is 37.9 Å². The van der Waals surface area contributed by atoms with Crippen LogP contribution in [0, 0.1) is 6.07 Å². The number of rotatable bonds is 1. The number of methoxy groups -OCH3 is 1. The number of hydrogen-bond acceptors (Lipinski definition) is 2. The van der Waals surface area contributed by atoms with Crippen LogP contribution in [0.25, 0.3) is 10.9 Å². The molecule has 0 atom stereocenters. The maximum atomic E-state index is 5.01. The number of hydrogen-bond donors (Lipinski definition) is 1. The lowest BCUT2D eigenvalue weighted by Gasteiger charge is -1.90. The SMILES string of the molecule is COc1n[nH]c2c[c]ccc12. The van der Waals surface area contributed by atoms with Crippen molar-refractivity contribution >= 4 is 10.9 Å². The van der Waals surface area contributed by atoms with E-state index in [0.717, 1.165) is 10.9 Å². The molecule has 2 aromatic rings. The summed E-state index contributed by atoms with van der Waals surface area (Å²) in [7, 11) is 1.60. The Hall–Kier alpha value is -1.51. The minimum Gasteiger partial charge on any atom is -0.480 e. The standard InChI is InChI=1S/C8H7N2O/c1-11-8-6-4-2-3-5-7(6)9-10-8/h2,4-5H,1H3,(H,9,10). The Balaban J connectivity index is 2.76. The van der Waals surface area contributed by atoms with Gasteiger partial charge in [0, 0.05) is 0 Å². The normalized spacial score (nSPS) is 10.3. The molecule has 0 saturated carbocycles. The van der Waals surface area contributed by atoms with E-state index in [1.807, 2.05) is 18.2 Å². The smallest absolute Gasteiger partial charge is 0.240 e. The van der Waals surface area contributed by atoms with Gasteiger partial charge in [-0.05, 0) is 18.2 Å². The van der Waals surface area contributed by atoms with Gasteiger partial charge >= 0.3 is 0 Å². The molecule has 0 aliphatic heterocycles. The Morgan fingerprint density at radius 1 is 1.64 bits per heavy atom. The van der Waals surface area contributed by atoms with E-state index in [1.165, 1.54) is 0 Å². The average molecular weight is 147 g/mol. The summed E-state index contributed by atoms with van der Waals surface area (Å²) in [5.74, 6) is 0.633. The van der Waals surface area contributed by atoms with Crippen molar-refractivity contribution in [1.82, 2.24) is 10.2 Å². The van der Waals surface area contributed by atoms with Crippen LogP contribution in [0.4, 0.5) is 0 Å². The molecule has 1 heterocycles. The van der Waals surface area contributed by atoms with Crippen LogP contribution in [-0.4, -0.2) is 17.3 Å². The second kappa shape index (κ2) is 2.27. The number of aromatic amines is 1. The quantitative estimate of drug-likeness (QED) is 0.661. The van der Waals surface area contributed by atoms with Crippen LogP contribution >= 0.6 is 0 Å². The summed E-state index contributed by atoms with van der Waals surface area (Å²) in [4.78, 5) is 0. The Bertz CT molecular complexity index is 367. The van der Waals surface area contributed by atoms with Crippen LogP contribution in [0.3, 0.4) is 0 Å². The van der Waals surface area contributed by atoms with Crippen LogP contribution in [-0.2, 0) is 0 Å². The highest BCUT2D eigenvalue weighted by molar-refractivity contribution is 5.83. The number of ether oxygens (including phenoxy) is 1. The first-order valence-electron chi connectivity index (χ1n) is 3.30. The molecule has 2 rings (SSSR count). The van der Waals surface area contributed by atoms with Crippen LogP contribution in [0.2, 0.25) is 0 Å². The van der Waals surface area contributed by atoms with Crippen molar-refractivity contribution in [3.8, 4) is 5.88 Å². The summed E-state index contributed by atoms with van der Waals surface area (Å²) in [6, 6.07) is 8.53. The third-order valence-corrected chi connectivity index (χ3v) is 1.57. The van der Waals surface area contributed by atoms with Gasteiger partial charge in [-0.25, -0.2) is 0 Å². The molecule has 1 radical (unpaired) electrons. The third-order valence-electron chi connectivity index (χ3n) is 1.57. The third kappa shape index (κ3) is 0.852. The van der Waals surface area contributed by atoms with Gasteiger partial charge in [0.1, 0.15) is 0 Å². The molecule has 0 amide bonds. The van der Waals surface area contributed by atoms with Crippen LogP contribution in [0.1, 0.15) is 0 Å². The second-order valence-corrected chi connectivity index (χ2v) is 2.20. The summed E-state index contributed by atoms with van der Waals surface area (Å²) >= 11 is 0. The molecule has 1 aromatic heterocycles. The highest BCUT2D eigenvalue weighted by Gasteiger charge is 2.01. The van der Waals surface area contributed by atoms with Gasteiger partial charge in [0.05, 0.1) is 18.0 Å². The fraction of sp³-hybridized carbons (Fsp3) is 0.125. The fourth-order valence-electron chi connectivity index (χ4n) is 1.04. The summed E-state index contributed by atoms with van der Waals surface area (Å²) in [6.07, 6.45) is 0. The molecule has 3 heteroatoms. The molecule has 0 unspecified atom stereocenters. The summed E-state index contributed by atoms with van der Waals surface area (Å²) in [6.45, 7) is 0. The maximum Gasteiger partial charge on any atom is 0.240 e. The molecule has 0 saturated heterocycles. The number of H-pyrrole nitrogens is 1. The first kappa shape index (κ1) is 6.22. The van der Waals surface area contributed by atoms with Gasteiger partial charge < -0.3 is 4.74 Å². The molecule has 0 aliphatic carbocycles. The number of nitrogens with zero attached hydrogens (tertiary/aromatic N) is 1. The van der Waals surface area contributed by atoms with Crippen molar-refractivity contribution in [3.63, 3.8) is 0 Å². The molecular formula is C8H7N2O. The number of aromatic nitrogens is 2. The second-order valence-electron chi connectivity index (χ2n) is 2.20. The van der Waals surface area contributed by atoms with E-state index in [0.29, 0.717) is 5.88 Å². The molecule has 0 bridgehead atoms. The minimum absolute atomic E-state index is 0.633. The molecule has 0 fully saturated rings. The van der Waals surface area contributed by atoms with E-state index in [9.17, 15) is 0 Å². The maximum absolute atomic E-state index is 5.01. The lowest BCUT2D eigenvalue weighted by molar-refractivity contribution is 0.401. The van der Waals surface area contributed by atoms with Gasteiger partial charge in [0.2, 0.25) is 5.88 Å². The highest BCUT2D eigenvalue weighted by Crippen LogP contribution is 2.20. The number of nitrogens with one attached hydrogen (secondary N) is 1. The van der Waals surface area contributed by atoms with Crippen molar-refractivity contribution in [3.05, 3.63) is 24.3 Å². The number of fused-ring (bicyclic) bond motifs is 1. The lowest BCUT2D eigenvalue weighted by atomic mass is 10.2. The zero-order chi connectivity index (χ0) is 7.68. The molecular weight excluding hydrogens is 140 g/mol. The van der Waals surface area contributed by atoms with E-state index in [2.05, 4.69) is 16.3 Å². The summed E-state index contributed by atoms with van der Waals surface area (Å²) < 4.78 is 5.01. The Labute approximate surface area is 64.0 Å². The predicted octanol–water partition coefficient (Wildman–Crippen LogP) is 1.37. The van der Waals surface area contributed by atoms with Crippen LogP contribution < -0.4 is 4.74 Å². The summed E-state index contributed by atoms with van der Waals surface area (Å²) in [5, 5.41) is 7.77. The molecule has 11 heavy (non-hydrogen) atoms. The zero-order valence-electron chi connectivity index (χ0n) is 6.09. The van der Waals surface area contributed by atoms with Crippen molar-refractivity contribution in [1.29, 1.82) is 0 Å². The van der Waals surface area contributed by atoms with Crippen molar-refractivity contribution in [2.24, 2.45) is 0 Å². The van der Waals surface area contributed by atoms with E-state index in [-0.39, 0.29) is 0 Å². The Kier molecular flexibility index (Phi) is 1.28. The number of benzene rings is 1. The van der Waals surface area contributed by atoms with Crippen LogP contribution in [0.15, 0.2) is 18.2 Å². The van der Waals surface area contributed by atoms with E-state index in [1.54, 1.807) is 7.11 Å². The largest absolute Gasteiger partial charge is 0.480 e. The fourth-order valence-corrected chi connectivity index (χ4v) is 1.04. The molecule has 55 valence electrons. The lowest BCUT2D eigenvalue weighted by Crippen LogP contribution is -1.81. The first-order chi connectivity index (χ1) is 5.42. The van der Waals surface area contributed by atoms with E-state index >= 15 is 0 Å². The molecule has 0 aliphatic rings. The first-order valence-corrected chi connectivity index (χ1v) is 3.30. The van der Waals surface area contributed by atoms with E-state index < -0.39 is 0 Å². The zero-order valence-corrected chi connectivity index (χ0v) is 6.09.